The molecule has 0 aliphatic heterocycles. The molecule has 3 nitrogen and oxygen atoms in total. The lowest BCUT2D eigenvalue weighted by Gasteiger charge is -2.05. The van der Waals surface area contributed by atoms with Crippen molar-refractivity contribution in [1.82, 2.24) is 10.3 Å². The van der Waals surface area contributed by atoms with Crippen molar-refractivity contribution >= 4 is 0 Å². The maximum Gasteiger partial charge on any atom is 0.417 e. The standard InChI is InChI=1S/C10H9F3N2O/c1-14-4-2-3-7-5-8(10(11,12)13)6-15-9(7)16/h5-6,14H,4H2,1H3,(H,15,16). The number of pyridine rings is 1. The molecule has 1 aromatic heterocycles. The number of alkyl halides is 3. The molecule has 0 aliphatic rings. The van der Waals surface area contributed by atoms with E-state index >= 15 is 0 Å². The van der Waals surface area contributed by atoms with Crippen molar-refractivity contribution in [3.8, 4) is 11.8 Å². The highest BCUT2D eigenvalue weighted by Gasteiger charge is 2.31. The van der Waals surface area contributed by atoms with Crippen LogP contribution < -0.4 is 10.9 Å². The van der Waals surface area contributed by atoms with Crippen LogP contribution in [0.4, 0.5) is 13.2 Å². The zero-order chi connectivity index (χ0) is 12.2. The third kappa shape index (κ3) is 3.14. The molecule has 6 heteroatoms. The topological polar surface area (TPSA) is 44.9 Å². The Morgan fingerprint density at radius 3 is 2.75 bits per heavy atom. The molecule has 16 heavy (non-hydrogen) atoms. The monoisotopic (exact) mass is 230 g/mol. The Kier molecular flexibility index (Phi) is 3.74. The van der Waals surface area contributed by atoms with Gasteiger partial charge >= 0.3 is 6.18 Å². The van der Waals surface area contributed by atoms with E-state index in [2.05, 4.69) is 17.2 Å². The van der Waals surface area contributed by atoms with E-state index in [4.69, 9.17) is 0 Å². The number of halogens is 3. The molecule has 0 unspecified atom stereocenters. The Morgan fingerprint density at radius 2 is 2.19 bits per heavy atom. The minimum atomic E-state index is -4.48. The van der Waals surface area contributed by atoms with E-state index in [0.717, 1.165) is 6.07 Å². The van der Waals surface area contributed by atoms with Crippen molar-refractivity contribution in [3.05, 3.63) is 33.7 Å². The zero-order valence-corrected chi connectivity index (χ0v) is 8.40. The second-order valence-electron chi connectivity index (χ2n) is 2.96. The van der Waals surface area contributed by atoms with Gasteiger partial charge in [0, 0.05) is 6.20 Å². The summed E-state index contributed by atoms with van der Waals surface area (Å²) in [6, 6.07) is 0.738. The summed E-state index contributed by atoms with van der Waals surface area (Å²) < 4.78 is 36.9. The molecule has 0 saturated heterocycles. The summed E-state index contributed by atoms with van der Waals surface area (Å²) in [5, 5.41) is 2.69. The molecule has 0 aliphatic carbocycles. The van der Waals surface area contributed by atoms with Gasteiger partial charge in [0.25, 0.3) is 5.56 Å². The Bertz CT molecular complexity index is 479. The van der Waals surface area contributed by atoms with Gasteiger partial charge in [-0.3, -0.25) is 4.79 Å². The molecule has 86 valence electrons. The second kappa shape index (κ2) is 4.86. The van der Waals surface area contributed by atoms with Gasteiger partial charge in [-0.25, -0.2) is 0 Å². The van der Waals surface area contributed by atoms with Crippen LogP contribution in [0.1, 0.15) is 11.1 Å². The SMILES string of the molecule is CNCC#Cc1cc(C(F)(F)F)c[nH]c1=O. The van der Waals surface area contributed by atoms with Gasteiger partial charge in [-0.15, -0.1) is 0 Å². The first kappa shape index (κ1) is 12.3. The summed E-state index contributed by atoms with van der Waals surface area (Å²) in [6.45, 7) is 0.301. The Labute approximate surface area is 89.7 Å². The van der Waals surface area contributed by atoms with Crippen LogP contribution in [-0.4, -0.2) is 18.6 Å². The largest absolute Gasteiger partial charge is 0.417 e. The highest BCUT2D eigenvalue weighted by atomic mass is 19.4. The number of aromatic amines is 1. The molecule has 1 aromatic rings. The van der Waals surface area contributed by atoms with Crippen molar-refractivity contribution in [1.29, 1.82) is 0 Å². The van der Waals surface area contributed by atoms with Crippen LogP contribution in [0, 0.1) is 11.8 Å². The van der Waals surface area contributed by atoms with Crippen molar-refractivity contribution in [2.24, 2.45) is 0 Å². The van der Waals surface area contributed by atoms with Crippen LogP contribution in [0.15, 0.2) is 17.1 Å². The minimum Gasteiger partial charge on any atom is -0.327 e. The fraction of sp³-hybridized carbons (Fsp3) is 0.300. The summed E-state index contributed by atoms with van der Waals surface area (Å²) in [5.41, 5.74) is -1.73. The Balaban J connectivity index is 3.11. The molecule has 0 bridgehead atoms. The van der Waals surface area contributed by atoms with E-state index in [1.54, 1.807) is 7.05 Å². The number of rotatable bonds is 1. The van der Waals surface area contributed by atoms with Crippen LogP contribution in [0.2, 0.25) is 0 Å². The fourth-order valence-electron chi connectivity index (χ4n) is 0.968. The average Bonchev–Trinajstić information content (AvgIpc) is 2.19. The van der Waals surface area contributed by atoms with Crippen LogP contribution in [-0.2, 0) is 6.18 Å². The molecule has 1 rings (SSSR count). The number of hydrogen-bond donors (Lipinski definition) is 2. The number of hydrogen-bond acceptors (Lipinski definition) is 2. The number of nitrogens with one attached hydrogen (secondary N) is 2. The number of aromatic nitrogens is 1. The third-order valence-electron chi connectivity index (χ3n) is 1.72. The van der Waals surface area contributed by atoms with Gasteiger partial charge in [-0.2, -0.15) is 13.2 Å². The lowest BCUT2D eigenvalue weighted by atomic mass is 10.2. The van der Waals surface area contributed by atoms with Crippen molar-refractivity contribution in [3.63, 3.8) is 0 Å². The van der Waals surface area contributed by atoms with Gasteiger partial charge in [0.1, 0.15) is 0 Å². The maximum absolute atomic E-state index is 12.3. The van der Waals surface area contributed by atoms with Gasteiger partial charge in [0.15, 0.2) is 0 Å². The zero-order valence-electron chi connectivity index (χ0n) is 8.40. The average molecular weight is 230 g/mol. The van der Waals surface area contributed by atoms with Gasteiger partial charge in [-0.1, -0.05) is 11.8 Å². The molecule has 0 saturated carbocycles. The molecule has 0 atom stereocenters. The Morgan fingerprint density at radius 1 is 1.50 bits per heavy atom. The van der Waals surface area contributed by atoms with Gasteiger partial charge in [-0.05, 0) is 13.1 Å². The molecular formula is C10H9F3N2O. The van der Waals surface area contributed by atoms with Crippen molar-refractivity contribution in [2.45, 2.75) is 6.18 Å². The summed E-state index contributed by atoms with van der Waals surface area (Å²) in [7, 11) is 1.64. The lowest BCUT2D eigenvalue weighted by Crippen LogP contribution is -2.15. The predicted octanol–water partition coefficient (Wildman–Crippen LogP) is 0.965. The molecule has 0 amide bonds. The summed E-state index contributed by atoms with van der Waals surface area (Å²) in [6.07, 6.45) is -3.85. The van der Waals surface area contributed by atoms with Crippen LogP contribution in [0.3, 0.4) is 0 Å². The highest BCUT2D eigenvalue weighted by molar-refractivity contribution is 5.35. The van der Waals surface area contributed by atoms with E-state index in [0.29, 0.717) is 12.7 Å². The quantitative estimate of drug-likeness (QED) is 0.706. The first-order chi connectivity index (χ1) is 7.45. The molecule has 0 aromatic carbocycles. The summed E-state index contributed by atoms with van der Waals surface area (Å²) >= 11 is 0. The lowest BCUT2D eigenvalue weighted by molar-refractivity contribution is -0.137. The first-order valence-electron chi connectivity index (χ1n) is 4.38. The van der Waals surface area contributed by atoms with Gasteiger partial charge in [0.2, 0.25) is 0 Å². The van der Waals surface area contributed by atoms with Crippen LogP contribution >= 0.6 is 0 Å². The maximum atomic E-state index is 12.3. The predicted molar refractivity (Wildman–Crippen MR) is 52.9 cm³/mol. The fourth-order valence-corrected chi connectivity index (χ4v) is 0.968. The van der Waals surface area contributed by atoms with E-state index in [-0.39, 0.29) is 5.56 Å². The molecule has 0 spiro atoms. The highest BCUT2D eigenvalue weighted by Crippen LogP contribution is 2.28. The summed E-state index contributed by atoms with van der Waals surface area (Å²) in [4.78, 5) is 13.2. The second-order valence-corrected chi connectivity index (χ2v) is 2.96. The van der Waals surface area contributed by atoms with E-state index in [9.17, 15) is 18.0 Å². The normalized spacial score (nSPS) is 10.8. The minimum absolute atomic E-state index is 0.190. The first-order valence-corrected chi connectivity index (χ1v) is 4.38. The van der Waals surface area contributed by atoms with E-state index in [1.165, 1.54) is 0 Å². The molecule has 2 N–H and O–H groups in total. The van der Waals surface area contributed by atoms with Crippen LogP contribution in [0.25, 0.3) is 0 Å². The molecular weight excluding hydrogens is 221 g/mol. The molecule has 1 heterocycles. The van der Waals surface area contributed by atoms with Crippen molar-refractivity contribution in [2.75, 3.05) is 13.6 Å². The Hall–Kier alpha value is -1.74. The molecule has 0 fully saturated rings. The van der Waals surface area contributed by atoms with E-state index < -0.39 is 17.3 Å². The molecule has 0 radical (unpaired) electrons. The third-order valence-corrected chi connectivity index (χ3v) is 1.72. The van der Waals surface area contributed by atoms with Crippen molar-refractivity contribution < 1.29 is 13.2 Å². The van der Waals surface area contributed by atoms with E-state index in [1.807, 2.05) is 4.98 Å². The van der Waals surface area contributed by atoms with Gasteiger partial charge in [0.05, 0.1) is 17.7 Å². The van der Waals surface area contributed by atoms with Gasteiger partial charge < -0.3 is 10.3 Å². The number of H-pyrrole nitrogens is 1. The summed E-state index contributed by atoms with van der Waals surface area (Å²) in [5.74, 6) is 4.89. The van der Waals surface area contributed by atoms with Crippen LogP contribution in [0.5, 0.6) is 0 Å². The smallest absolute Gasteiger partial charge is 0.327 e.